The molecule has 0 aliphatic carbocycles. The standard InChI is InChI=1S/C20H28N2/c1-3-21-15-17-10-12-22(13-11-17)16(2)19-9-8-18-6-4-5-7-20(18)14-19/h4-9,14,16-17,21H,3,10-13,15H2,1-2H3. The van der Waals surface area contributed by atoms with Crippen LogP contribution in [0.25, 0.3) is 10.8 Å². The lowest BCUT2D eigenvalue weighted by molar-refractivity contribution is 0.140. The van der Waals surface area contributed by atoms with Crippen molar-refractivity contribution in [3.63, 3.8) is 0 Å². The van der Waals surface area contributed by atoms with Gasteiger partial charge >= 0.3 is 0 Å². The van der Waals surface area contributed by atoms with E-state index < -0.39 is 0 Å². The highest BCUT2D eigenvalue weighted by atomic mass is 15.2. The first-order valence-electron chi connectivity index (χ1n) is 8.71. The fourth-order valence-electron chi connectivity index (χ4n) is 3.57. The van der Waals surface area contributed by atoms with Crippen LogP contribution in [0, 0.1) is 5.92 Å². The lowest BCUT2D eigenvalue weighted by Crippen LogP contribution is -2.38. The molecule has 2 nitrogen and oxygen atoms in total. The third-order valence-corrected chi connectivity index (χ3v) is 5.14. The van der Waals surface area contributed by atoms with Crippen molar-refractivity contribution in [2.75, 3.05) is 26.2 Å². The Morgan fingerprint density at radius 3 is 2.55 bits per heavy atom. The second kappa shape index (κ2) is 7.26. The van der Waals surface area contributed by atoms with Gasteiger partial charge in [-0.25, -0.2) is 0 Å². The van der Waals surface area contributed by atoms with E-state index in [0.717, 1.165) is 12.5 Å². The highest BCUT2D eigenvalue weighted by Gasteiger charge is 2.23. The molecule has 1 aliphatic rings. The quantitative estimate of drug-likeness (QED) is 0.888. The Morgan fingerprint density at radius 1 is 1.09 bits per heavy atom. The molecule has 1 heterocycles. The molecule has 1 aliphatic heterocycles. The number of benzene rings is 2. The van der Waals surface area contributed by atoms with E-state index in [-0.39, 0.29) is 0 Å². The molecule has 1 saturated heterocycles. The number of nitrogens with one attached hydrogen (secondary N) is 1. The van der Waals surface area contributed by atoms with Crippen LogP contribution in [0.1, 0.15) is 38.3 Å². The molecule has 0 radical (unpaired) electrons. The van der Waals surface area contributed by atoms with Crippen LogP contribution in [0.5, 0.6) is 0 Å². The number of likely N-dealkylation sites (tertiary alicyclic amines) is 1. The minimum absolute atomic E-state index is 0.518. The van der Waals surface area contributed by atoms with Gasteiger partial charge in [-0.1, -0.05) is 43.3 Å². The van der Waals surface area contributed by atoms with Crippen molar-refractivity contribution in [3.05, 3.63) is 48.0 Å². The van der Waals surface area contributed by atoms with Crippen LogP contribution in [-0.4, -0.2) is 31.1 Å². The predicted molar refractivity (Wildman–Crippen MR) is 95.2 cm³/mol. The zero-order chi connectivity index (χ0) is 15.4. The minimum Gasteiger partial charge on any atom is -0.317 e. The van der Waals surface area contributed by atoms with Crippen LogP contribution in [-0.2, 0) is 0 Å². The molecule has 2 heteroatoms. The van der Waals surface area contributed by atoms with Crippen molar-refractivity contribution in [3.8, 4) is 0 Å². The Hall–Kier alpha value is -1.38. The van der Waals surface area contributed by atoms with E-state index in [1.807, 2.05) is 0 Å². The molecular formula is C20H28N2. The zero-order valence-corrected chi connectivity index (χ0v) is 13.9. The number of nitrogens with zero attached hydrogens (tertiary/aromatic N) is 1. The topological polar surface area (TPSA) is 15.3 Å². The van der Waals surface area contributed by atoms with Crippen LogP contribution < -0.4 is 5.32 Å². The first kappa shape index (κ1) is 15.5. The summed E-state index contributed by atoms with van der Waals surface area (Å²) >= 11 is 0. The van der Waals surface area contributed by atoms with Gasteiger partial charge in [0.05, 0.1) is 0 Å². The van der Waals surface area contributed by atoms with Crippen LogP contribution in [0.3, 0.4) is 0 Å². The molecule has 2 aromatic rings. The Labute approximate surface area is 134 Å². The Morgan fingerprint density at radius 2 is 1.82 bits per heavy atom. The van der Waals surface area contributed by atoms with Gasteiger partial charge in [-0.3, -0.25) is 4.90 Å². The molecular weight excluding hydrogens is 268 g/mol. The van der Waals surface area contributed by atoms with Crippen molar-refractivity contribution in [1.29, 1.82) is 0 Å². The summed E-state index contributed by atoms with van der Waals surface area (Å²) in [5.74, 6) is 0.861. The van der Waals surface area contributed by atoms with Gasteiger partial charge in [0, 0.05) is 6.04 Å². The maximum absolute atomic E-state index is 3.50. The van der Waals surface area contributed by atoms with Gasteiger partial charge in [0.25, 0.3) is 0 Å². The van der Waals surface area contributed by atoms with Crippen molar-refractivity contribution in [2.24, 2.45) is 5.92 Å². The molecule has 22 heavy (non-hydrogen) atoms. The van der Waals surface area contributed by atoms with Crippen LogP contribution in [0.4, 0.5) is 0 Å². The van der Waals surface area contributed by atoms with Crippen LogP contribution >= 0.6 is 0 Å². The first-order valence-corrected chi connectivity index (χ1v) is 8.71. The van der Waals surface area contributed by atoms with E-state index >= 15 is 0 Å². The van der Waals surface area contributed by atoms with E-state index in [0.29, 0.717) is 6.04 Å². The van der Waals surface area contributed by atoms with Gasteiger partial charge in [0.1, 0.15) is 0 Å². The number of hydrogen-bond donors (Lipinski definition) is 1. The average Bonchev–Trinajstić information content (AvgIpc) is 2.59. The number of fused-ring (bicyclic) bond motifs is 1. The van der Waals surface area contributed by atoms with Crippen LogP contribution in [0.2, 0.25) is 0 Å². The van der Waals surface area contributed by atoms with E-state index in [9.17, 15) is 0 Å². The SMILES string of the molecule is CCNCC1CCN(C(C)c2ccc3ccccc3c2)CC1. The number of rotatable bonds is 5. The van der Waals surface area contributed by atoms with Gasteiger partial charge < -0.3 is 5.32 Å². The van der Waals surface area contributed by atoms with Gasteiger partial charge in [0.15, 0.2) is 0 Å². The smallest absolute Gasteiger partial charge is 0.0320 e. The third-order valence-electron chi connectivity index (χ3n) is 5.14. The Bertz CT molecular complexity index is 599. The Kier molecular flexibility index (Phi) is 5.12. The van der Waals surface area contributed by atoms with Gasteiger partial charge in [-0.2, -0.15) is 0 Å². The highest BCUT2D eigenvalue weighted by Crippen LogP contribution is 2.28. The van der Waals surface area contributed by atoms with E-state index in [2.05, 4.69) is 66.5 Å². The Balaban J connectivity index is 1.64. The summed E-state index contributed by atoms with van der Waals surface area (Å²) in [6.07, 6.45) is 2.65. The maximum Gasteiger partial charge on any atom is 0.0320 e. The summed E-state index contributed by atoms with van der Waals surface area (Å²) in [5.41, 5.74) is 1.45. The molecule has 0 bridgehead atoms. The second-order valence-electron chi connectivity index (χ2n) is 6.57. The second-order valence-corrected chi connectivity index (χ2v) is 6.57. The fourth-order valence-corrected chi connectivity index (χ4v) is 3.57. The third kappa shape index (κ3) is 3.50. The normalized spacial score (nSPS) is 18.6. The fraction of sp³-hybridized carbons (Fsp3) is 0.500. The molecule has 0 amide bonds. The molecule has 0 spiro atoms. The van der Waals surface area contributed by atoms with Crippen molar-refractivity contribution in [2.45, 2.75) is 32.7 Å². The number of hydrogen-bond acceptors (Lipinski definition) is 2. The molecule has 3 rings (SSSR count). The largest absolute Gasteiger partial charge is 0.317 e. The molecule has 2 aromatic carbocycles. The monoisotopic (exact) mass is 296 g/mol. The molecule has 0 saturated carbocycles. The summed E-state index contributed by atoms with van der Waals surface area (Å²) < 4.78 is 0. The minimum atomic E-state index is 0.518. The molecule has 1 unspecified atom stereocenters. The number of piperidine rings is 1. The van der Waals surface area contributed by atoms with Crippen LogP contribution in [0.15, 0.2) is 42.5 Å². The summed E-state index contributed by atoms with van der Waals surface area (Å²) in [4.78, 5) is 2.65. The van der Waals surface area contributed by atoms with E-state index in [1.165, 1.54) is 48.8 Å². The molecule has 1 N–H and O–H groups in total. The summed E-state index contributed by atoms with van der Waals surface area (Å²) in [6, 6.07) is 16.1. The van der Waals surface area contributed by atoms with Gasteiger partial charge in [-0.05, 0) is 74.3 Å². The van der Waals surface area contributed by atoms with Gasteiger partial charge in [0.2, 0.25) is 0 Å². The van der Waals surface area contributed by atoms with Crippen molar-refractivity contribution < 1.29 is 0 Å². The summed E-state index contributed by atoms with van der Waals surface area (Å²) in [5, 5.41) is 6.19. The maximum atomic E-state index is 3.50. The zero-order valence-electron chi connectivity index (χ0n) is 13.9. The predicted octanol–water partition coefficient (Wildman–Crippen LogP) is 4.22. The molecule has 1 atom stereocenters. The average molecular weight is 296 g/mol. The summed E-state index contributed by atoms with van der Waals surface area (Å²) in [6.45, 7) is 9.28. The first-order chi connectivity index (χ1) is 10.8. The lowest BCUT2D eigenvalue weighted by Gasteiger charge is -2.36. The van der Waals surface area contributed by atoms with E-state index in [1.54, 1.807) is 0 Å². The van der Waals surface area contributed by atoms with Crippen molar-refractivity contribution >= 4 is 10.8 Å². The highest BCUT2D eigenvalue weighted by molar-refractivity contribution is 5.83. The van der Waals surface area contributed by atoms with Gasteiger partial charge in [-0.15, -0.1) is 0 Å². The molecule has 118 valence electrons. The van der Waals surface area contributed by atoms with E-state index in [4.69, 9.17) is 0 Å². The molecule has 1 fully saturated rings. The van der Waals surface area contributed by atoms with Crippen molar-refractivity contribution in [1.82, 2.24) is 10.2 Å². The lowest BCUT2D eigenvalue weighted by atomic mass is 9.94. The summed E-state index contributed by atoms with van der Waals surface area (Å²) in [7, 11) is 0. The molecule has 0 aromatic heterocycles.